The van der Waals surface area contributed by atoms with E-state index in [4.69, 9.17) is 14.2 Å². The Balaban J connectivity index is 0.00000420. The first-order valence-electron chi connectivity index (χ1n) is 8.93. The maximum atomic E-state index is 12.9. The molecular weight excluding hydrogens is 413 g/mol. The molecule has 0 aromatic carbocycles. The van der Waals surface area contributed by atoms with Gasteiger partial charge >= 0.3 is 5.97 Å². The molecule has 1 aliphatic rings. The van der Waals surface area contributed by atoms with Crippen LogP contribution in [0.25, 0.3) is 0 Å². The van der Waals surface area contributed by atoms with Crippen molar-refractivity contribution in [3.05, 3.63) is 17.8 Å². The van der Waals surface area contributed by atoms with Crippen molar-refractivity contribution in [2.45, 2.75) is 17.9 Å². The molecule has 1 saturated heterocycles. The van der Waals surface area contributed by atoms with Gasteiger partial charge in [0, 0.05) is 70.0 Å². The topological polar surface area (TPSA) is 119 Å². The zero-order valence-corrected chi connectivity index (χ0v) is 20.1. The smallest absolute Gasteiger partial charge is 0.341 e. The van der Waals surface area contributed by atoms with Gasteiger partial charge in [0.2, 0.25) is 15.9 Å². The summed E-state index contributed by atoms with van der Waals surface area (Å²) < 4.78 is 42.7. The third-order valence-corrected chi connectivity index (χ3v) is 6.32. The molecule has 1 aliphatic heterocycles. The van der Waals surface area contributed by atoms with E-state index in [-0.39, 0.29) is 59.1 Å². The van der Waals surface area contributed by atoms with Crippen LogP contribution < -0.4 is 4.74 Å². The van der Waals surface area contributed by atoms with Crippen molar-refractivity contribution in [2.24, 2.45) is 0 Å². The molecule has 0 amide bonds. The van der Waals surface area contributed by atoms with Crippen LogP contribution in [0.15, 0.2) is 17.2 Å². The quantitative estimate of drug-likeness (QED) is 0.492. The Hall–Kier alpha value is -0.790. The fourth-order valence-electron chi connectivity index (χ4n) is 2.90. The van der Waals surface area contributed by atoms with Crippen LogP contribution in [0.3, 0.4) is 0 Å². The van der Waals surface area contributed by atoms with E-state index in [0.29, 0.717) is 26.2 Å². The minimum absolute atomic E-state index is 0. The Labute approximate surface area is 193 Å². The van der Waals surface area contributed by atoms with E-state index >= 15 is 0 Å². The van der Waals surface area contributed by atoms with E-state index in [1.165, 1.54) is 18.5 Å². The van der Waals surface area contributed by atoms with Crippen LogP contribution in [0.2, 0.25) is 0 Å². The first kappa shape index (κ1) is 26.2. The molecular formula is C17H27N3NaO7S. The first-order valence-corrected chi connectivity index (χ1v) is 10.4. The summed E-state index contributed by atoms with van der Waals surface area (Å²) in [5, 5.41) is 9.51. The zero-order chi connectivity index (χ0) is 20.7. The van der Waals surface area contributed by atoms with E-state index in [1.54, 1.807) is 0 Å². The normalized spacial score (nSPS) is 15.9. The SMILES string of the molecule is CCN1CCN(S(=O)(=O)c2cnc(OC(COC)COC)c(C(=O)O)c2)CC1.[Na]. The largest absolute Gasteiger partial charge is 0.477 e. The standard InChI is InChI=1S/C17H27N3O7S.Na/c1-4-19-5-7-20(8-6-19)28(23,24)14-9-15(17(21)22)16(18-10-14)27-13(11-25-2)12-26-3;/h9-10,13H,4-8,11-12H2,1-3H3,(H,21,22);. The number of carbonyl (C=O) groups is 1. The van der Waals surface area contributed by atoms with Crippen molar-refractivity contribution in [2.75, 3.05) is 60.2 Å². The van der Waals surface area contributed by atoms with Crippen LogP contribution in [0, 0.1) is 0 Å². The number of rotatable bonds is 10. The Morgan fingerprint density at radius 3 is 2.28 bits per heavy atom. The van der Waals surface area contributed by atoms with E-state index in [2.05, 4.69) is 9.88 Å². The van der Waals surface area contributed by atoms with Gasteiger partial charge in [0.15, 0.2) is 0 Å². The minimum Gasteiger partial charge on any atom is -0.477 e. The molecule has 1 fully saturated rings. The van der Waals surface area contributed by atoms with Gasteiger partial charge in [-0.1, -0.05) is 6.92 Å². The molecule has 1 aromatic heterocycles. The summed E-state index contributed by atoms with van der Waals surface area (Å²) in [6, 6.07) is 1.09. The second kappa shape index (κ2) is 12.2. The van der Waals surface area contributed by atoms with Crippen molar-refractivity contribution in [3.63, 3.8) is 0 Å². The Morgan fingerprint density at radius 2 is 1.79 bits per heavy atom. The number of piperazine rings is 1. The van der Waals surface area contributed by atoms with Crippen molar-refractivity contribution in [1.82, 2.24) is 14.2 Å². The second-order valence-electron chi connectivity index (χ2n) is 6.32. The van der Waals surface area contributed by atoms with Crippen molar-refractivity contribution in [3.8, 4) is 5.88 Å². The fourth-order valence-corrected chi connectivity index (χ4v) is 4.30. The number of aromatic carboxylic acids is 1. The van der Waals surface area contributed by atoms with Crippen LogP contribution in [0.1, 0.15) is 17.3 Å². The molecule has 159 valence electrons. The van der Waals surface area contributed by atoms with Gasteiger partial charge in [-0.2, -0.15) is 4.31 Å². The monoisotopic (exact) mass is 440 g/mol. The summed E-state index contributed by atoms with van der Waals surface area (Å²) >= 11 is 0. The van der Waals surface area contributed by atoms with Gasteiger partial charge in [-0.15, -0.1) is 0 Å². The van der Waals surface area contributed by atoms with Crippen molar-refractivity contribution >= 4 is 45.5 Å². The Morgan fingerprint density at radius 1 is 1.21 bits per heavy atom. The van der Waals surface area contributed by atoms with Crippen LogP contribution in [-0.4, -0.2) is 130 Å². The number of methoxy groups -OCH3 is 2. The minimum atomic E-state index is -3.84. The maximum Gasteiger partial charge on any atom is 0.341 e. The molecule has 1 N–H and O–H groups in total. The van der Waals surface area contributed by atoms with Crippen molar-refractivity contribution < 1.29 is 32.5 Å². The van der Waals surface area contributed by atoms with Gasteiger partial charge in [-0.3, -0.25) is 0 Å². The predicted octanol–water partition coefficient (Wildman–Crippen LogP) is -0.235. The molecule has 0 aliphatic carbocycles. The Kier molecular flexibility index (Phi) is 11.0. The summed E-state index contributed by atoms with van der Waals surface area (Å²) in [5.74, 6) is -1.51. The summed E-state index contributed by atoms with van der Waals surface area (Å²) in [6.07, 6.45) is 0.546. The maximum absolute atomic E-state index is 12.9. The first-order chi connectivity index (χ1) is 13.3. The molecule has 0 saturated carbocycles. The van der Waals surface area contributed by atoms with Crippen molar-refractivity contribution in [1.29, 1.82) is 0 Å². The number of hydrogen-bond acceptors (Lipinski definition) is 8. The molecule has 0 atom stereocenters. The number of hydrogen-bond donors (Lipinski definition) is 1. The number of nitrogens with zero attached hydrogens (tertiary/aromatic N) is 3. The Bertz CT molecular complexity index is 764. The number of pyridine rings is 1. The van der Waals surface area contributed by atoms with Gasteiger partial charge < -0.3 is 24.2 Å². The summed E-state index contributed by atoms with van der Waals surface area (Å²) in [6.45, 7) is 5.16. The summed E-state index contributed by atoms with van der Waals surface area (Å²) in [5.41, 5.74) is -0.328. The van der Waals surface area contributed by atoms with E-state index < -0.39 is 22.1 Å². The molecule has 10 nitrogen and oxygen atoms in total. The zero-order valence-electron chi connectivity index (χ0n) is 17.3. The number of sulfonamides is 1. The third kappa shape index (κ3) is 6.86. The van der Waals surface area contributed by atoms with E-state index in [0.717, 1.165) is 18.8 Å². The van der Waals surface area contributed by atoms with Crippen LogP contribution in [0.5, 0.6) is 5.88 Å². The van der Waals surface area contributed by atoms with Gasteiger partial charge in [0.1, 0.15) is 16.6 Å². The molecule has 12 heteroatoms. The third-order valence-electron chi connectivity index (χ3n) is 4.46. The van der Waals surface area contributed by atoms with Gasteiger partial charge in [0.05, 0.1) is 19.4 Å². The second-order valence-corrected chi connectivity index (χ2v) is 8.26. The average Bonchev–Trinajstić information content (AvgIpc) is 2.68. The number of aromatic nitrogens is 1. The molecule has 29 heavy (non-hydrogen) atoms. The molecule has 1 aromatic rings. The van der Waals surface area contributed by atoms with Crippen LogP contribution in [0.4, 0.5) is 0 Å². The van der Waals surface area contributed by atoms with Gasteiger partial charge in [-0.05, 0) is 12.6 Å². The summed E-state index contributed by atoms with van der Waals surface area (Å²) in [7, 11) is -0.884. The van der Waals surface area contributed by atoms with E-state index in [1.807, 2.05) is 6.92 Å². The molecule has 0 spiro atoms. The van der Waals surface area contributed by atoms with Crippen LogP contribution in [-0.2, 0) is 19.5 Å². The predicted molar refractivity (Wildman–Crippen MR) is 106 cm³/mol. The molecule has 2 heterocycles. The van der Waals surface area contributed by atoms with Crippen LogP contribution >= 0.6 is 0 Å². The van der Waals surface area contributed by atoms with E-state index in [9.17, 15) is 18.3 Å². The fraction of sp³-hybridized carbons (Fsp3) is 0.647. The number of carboxylic acid groups (broad SMARTS) is 1. The number of ether oxygens (including phenoxy) is 3. The molecule has 2 rings (SSSR count). The number of likely N-dealkylation sites (N-methyl/N-ethyl adjacent to an activating group) is 1. The van der Waals surface area contributed by atoms with Gasteiger partial charge in [0.25, 0.3) is 0 Å². The molecule has 0 unspecified atom stereocenters. The average molecular weight is 440 g/mol. The molecule has 0 bridgehead atoms. The van der Waals surface area contributed by atoms with Gasteiger partial charge in [-0.25, -0.2) is 18.2 Å². The molecule has 1 radical (unpaired) electrons. The number of carboxylic acids is 1. The summed E-state index contributed by atoms with van der Waals surface area (Å²) in [4.78, 5) is 17.6.